The molecule has 102 valence electrons. The summed E-state index contributed by atoms with van der Waals surface area (Å²) < 4.78 is 0. The number of aryl methyl sites for hydroxylation is 1. The summed E-state index contributed by atoms with van der Waals surface area (Å²) in [6.45, 7) is 6.41. The Morgan fingerprint density at radius 2 is 2.21 bits per heavy atom. The number of hydrogen-bond donors (Lipinski definition) is 1. The van der Waals surface area contributed by atoms with Gasteiger partial charge in [0.25, 0.3) is 0 Å². The molecule has 2 rings (SSSR count). The minimum Gasteiger partial charge on any atom is -0.328 e. The van der Waals surface area contributed by atoms with Gasteiger partial charge in [-0.25, -0.2) is 0 Å². The van der Waals surface area contributed by atoms with Gasteiger partial charge in [-0.3, -0.25) is 9.59 Å². The van der Waals surface area contributed by atoms with Crippen LogP contribution in [0.2, 0.25) is 0 Å². The van der Waals surface area contributed by atoms with E-state index < -0.39 is 5.54 Å². The highest BCUT2D eigenvalue weighted by molar-refractivity contribution is 6.01. The maximum atomic E-state index is 12.5. The molecule has 19 heavy (non-hydrogen) atoms. The number of amides is 2. The standard InChI is InChI=1S/C15H20N2O2/c1-4-15(3,17-9-8-13(17)18)14(19)16-12-7-5-6-11(2)10-12/h5-7,10H,4,8-9H2,1-3H3,(H,16,19)/t15-/m1/s1. The lowest BCUT2D eigenvalue weighted by molar-refractivity contribution is -0.154. The summed E-state index contributed by atoms with van der Waals surface area (Å²) in [5.74, 6) is -0.0580. The van der Waals surface area contributed by atoms with E-state index in [0.29, 0.717) is 19.4 Å². The molecule has 1 N–H and O–H groups in total. The molecule has 1 saturated heterocycles. The van der Waals surface area contributed by atoms with Crippen molar-refractivity contribution in [1.82, 2.24) is 4.90 Å². The number of nitrogens with one attached hydrogen (secondary N) is 1. The molecule has 1 heterocycles. The number of carbonyl (C=O) groups is 2. The molecule has 0 unspecified atom stereocenters. The van der Waals surface area contributed by atoms with E-state index in [4.69, 9.17) is 0 Å². The van der Waals surface area contributed by atoms with Gasteiger partial charge in [0.1, 0.15) is 5.54 Å². The van der Waals surface area contributed by atoms with Crippen molar-refractivity contribution in [3.05, 3.63) is 29.8 Å². The van der Waals surface area contributed by atoms with Gasteiger partial charge in [-0.05, 0) is 38.0 Å². The molecule has 1 atom stereocenters. The van der Waals surface area contributed by atoms with E-state index in [1.807, 2.05) is 45.0 Å². The topological polar surface area (TPSA) is 49.4 Å². The zero-order valence-corrected chi connectivity index (χ0v) is 11.7. The number of hydrogen-bond acceptors (Lipinski definition) is 2. The SMILES string of the molecule is CC[C@](C)(C(=O)Nc1cccc(C)c1)N1CCC1=O. The van der Waals surface area contributed by atoms with Crippen LogP contribution in [0.1, 0.15) is 32.3 Å². The number of nitrogens with zero attached hydrogens (tertiary/aromatic N) is 1. The zero-order valence-electron chi connectivity index (χ0n) is 11.7. The van der Waals surface area contributed by atoms with Gasteiger partial charge in [-0.2, -0.15) is 0 Å². The summed E-state index contributed by atoms with van der Waals surface area (Å²) in [7, 11) is 0. The average molecular weight is 260 g/mol. The number of carbonyl (C=O) groups excluding carboxylic acids is 2. The largest absolute Gasteiger partial charge is 0.328 e. The Morgan fingerprint density at radius 1 is 1.47 bits per heavy atom. The Bertz CT molecular complexity index is 513. The maximum absolute atomic E-state index is 12.5. The molecule has 1 aromatic rings. The molecule has 0 saturated carbocycles. The minimum atomic E-state index is -0.751. The average Bonchev–Trinajstić information content (AvgIpc) is 2.36. The van der Waals surface area contributed by atoms with Crippen molar-refractivity contribution in [2.45, 2.75) is 39.2 Å². The highest BCUT2D eigenvalue weighted by atomic mass is 16.2. The van der Waals surface area contributed by atoms with Gasteiger partial charge in [0.05, 0.1) is 0 Å². The van der Waals surface area contributed by atoms with Crippen LogP contribution >= 0.6 is 0 Å². The van der Waals surface area contributed by atoms with Gasteiger partial charge in [0.2, 0.25) is 11.8 Å². The molecule has 0 radical (unpaired) electrons. The third-order valence-corrected chi connectivity index (χ3v) is 3.90. The number of rotatable bonds is 4. The van der Waals surface area contributed by atoms with Gasteiger partial charge in [-0.15, -0.1) is 0 Å². The third kappa shape index (κ3) is 2.48. The fraction of sp³-hybridized carbons (Fsp3) is 0.467. The Kier molecular flexibility index (Phi) is 3.60. The lowest BCUT2D eigenvalue weighted by Crippen LogP contribution is -2.62. The highest BCUT2D eigenvalue weighted by Crippen LogP contribution is 2.28. The molecular formula is C15H20N2O2. The molecular weight excluding hydrogens is 240 g/mol. The molecule has 4 nitrogen and oxygen atoms in total. The van der Waals surface area contributed by atoms with Crippen molar-refractivity contribution < 1.29 is 9.59 Å². The first-order valence-corrected chi connectivity index (χ1v) is 6.66. The van der Waals surface area contributed by atoms with Crippen LogP contribution in [0.15, 0.2) is 24.3 Å². The van der Waals surface area contributed by atoms with Crippen LogP contribution in [0.4, 0.5) is 5.69 Å². The van der Waals surface area contributed by atoms with E-state index in [0.717, 1.165) is 11.3 Å². The lowest BCUT2D eigenvalue weighted by atomic mass is 9.91. The van der Waals surface area contributed by atoms with Crippen molar-refractivity contribution >= 4 is 17.5 Å². The first kappa shape index (κ1) is 13.6. The normalized spacial score (nSPS) is 17.6. The Balaban J connectivity index is 2.15. The van der Waals surface area contributed by atoms with Crippen LogP contribution in [-0.4, -0.2) is 28.8 Å². The van der Waals surface area contributed by atoms with Gasteiger partial charge in [0, 0.05) is 18.7 Å². The van der Waals surface area contributed by atoms with Gasteiger partial charge in [0.15, 0.2) is 0 Å². The fourth-order valence-corrected chi connectivity index (χ4v) is 2.30. The first-order chi connectivity index (χ1) is 8.97. The summed E-state index contributed by atoms with van der Waals surface area (Å²) in [6, 6.07) is 7.67. The maximum Gasteiger partial charge on any atom is 0.250 e. The monoisotopic (exact) mass is 260 g/mol. The molecule has 0 aromatic heterocycles. The predicted octanol–water partition coefficient (Wildman–Crippen LogP) is 2.33. The first-order valence-electron chi connectivity index (χ1n) is 6.66. The summed E-state index contributed by atoms with van der Waals surface area (Å²) >= 11 is 0. The molecule has 1 aromatic carbocycles. The minimum absolute atomic E-state index is 0.0590. The fourth-order valence-electron chi connectivity index (χ4n) is 2.30. The molecule has 1 aliphatic heterocycles. The van der Waals surface area contributed by atoms with Crippen LogP contribution in [-0.2, 0) is 9.59 Å². The zero-order chi connectivity index (χ0) is 14.0. The van der Waals surface area contributed by atoms with Gasteiger partial charge >= 0.3 is 0 Å². The van der Waals surface area contributed by atoms with E-state index >= 15 is 0 Å². The van der Waals surface area contributed by atoms with E-state index in [2.05, 4.69) is 5.32 Å². The Labute approximate surface area is 113 Å². The molecule has 1 fully saturated rings. The summed E-state index contributed by atoms with van der Waals surface area (Å²) in [6.07, 6.45) is 1.16. The molecule has 4 heteroatoms. The summed E-state index contributed by atoms with van der Waals surface area (Å²) in [5.41, 5.74) is 1.12. The number of β-lactam (4-membered cyclic amide) rings is 1. The second kappa shape index (κ2) is 5.03. The molecule has 1 aliphatic rings. The summed E-state index contributed by atoms with van der Waals surface area (Å²) in [5, 5.41) is 2.91. The molecule has 0 bridgehead atoms. The van der Waals surface area contributed by atoms with Crippen LogP contribution in [0.25, 0.3) is 0 Å². The second-order valence-corrected chi connectivity index (χ2v) is 5.25. The third-order valence-electron chi connectivity index (χ3n) is 3.90. The number of benzene rings is 1. The van der Waals surface area contributed by atoms with Crippen molar-refractivity contribution in [3.63, 3.8) is 0 Å². The van der Waals surface area contributed by atoms with Gasteiger partial charge < -0.3 is 10.2 Å². The predicted molar refractivity (Wildman–Crippen MR) is 74.8 cm³/mol. The number of likely N-dealkylation sites (tertiary alicyclic amines) is 1. The van der Waals surface area contributed by atoms with E-state index in [-0.39, 0.29) is 11.8 Å². The van der Waals surface area contributed by atoms with Crippen LogP contribution in [0.5, 0.6) is 0 Å². The van der Waals surface area contributed by atoms with E-state index in [9.17, 15) is 9.59 Å². The van der Waals surface area contributed by atoms with Gasteiger partial charge in [-0.1, -0.05) is 19.1 Å². The van der Waals surface area contributed by atoms with Crippen molar-refractivity contribution in [3.8, 4) is 0 Å². The van der Waals surface area contributed by atoms with E-state index in [1.54, 1.807) is 4.90 Å². The summed E-state index contributed by atoms with van der Waals surface area (Å²) in [4.78, 5) is 25.7. The van der Waals surface area contributed by atoms with Crippen LogP contribution in [0.3, 0.4) is 0 Å². The molecule has 2 amide bonds. The van der Waals surface area contributed by atoms with Crippen molar-refractivity contribution in [1.29, 1.82) is 0 Å². The van der Waals surface area contributed by atoms with Crippen LogP contribution < -0.4 is 5.32 Å². The van der Waals surface area contributed by atoms with Crippen molar-refractivity contribution in [2.24, 2.45) is 0 Å². The quantitative estimate of drug-likeness (QED) is 0.845. The lowest BCUT2D eigenvalue weighted by Gasteiger charge is -2.44. The molecule has 0 aliphatic carbocycles. The van der Waals surface area contributed by atoms with Crippen LogP contribution in [0, 0.1) is 6.92 Å². The highest BCUT2D eigenvalue weighted by Gasteiger charge is 2.44. The molecule has 0 spiro atoms. The number of anilines is 1. The Hall–Kier alpha value is -1.84. The smallest absolute Gasteiger partial charge is 0.250 e. The van der Waals surface area contributed by atoms with E-state index in [1.165, 1.54) is 0 Å². The van der Waals surface area contributed by atoms with Crippen molar-refractivity contribution in [2.75, 3.05) is 11.9 Å². The second-order valence-electron chi connectivity index (χ2n) is 5.25. The Morgan fingerprint density at radius 3 is 2.68 bits per heavy atom.